The van der Waals surface area contributed by atoms with Crippen LogP contribution < -0.4 is 35.5 Å². The Hall–Kier alpha value is -7.71. The first-order valence-electron chi connectivity index (χ1n) is 28.6. The van der Waals surface area contributed by atoms with Crippen LogP contribution in [0.5, 0.6) is 23.0 Å². The number of thiazole rings is 1. The van der Waals surface area contributed by atoms with Crippen molar-refractivity contribution < 1.29 is 43.3 Å². The first-order chi connectivity index (χ1) is 39.9. The molecule has 4 heterocycles. The normalized spacial score (nSPS) is 16.4. The number of hydrogen-bond donors (Lipinski definition) is 5. The zero-order valence-corrected chi connectivity index (χ0v) is 49.5. The van der Waals surface area contributed by atoms with Gasteiger partial charge in [-0.2, -0.15) is 0 Å². The first kappa shape index (κ1) is 61.4. The van der Waals surface area contributed by atoms with Crippen LogP contribution in [0, 0.1) is 12.3 Å². The molecule has 0 aliphatic carbocycles. The summed E-state index contributed by atoms with van der Waals surface area (Å²) >= 11 is 1.57. The van der Waals surface area contributed by atoms with Gasteiger partial charge in [-0.1, -0.05) is 63.2 Å². The van der Waals surface area contributed by atoms with Crippen LogP contribution in [0.1, 0.15) is 110 Å². The Morgan fingerprint density at radius 1 is 0.831 bits per heavy atom. The number of aromatic nitrogens is 2. The number of aliphatic hydroxyl groups excluding tert-OH is 1. The molecule has 2 saturated heterocycles. The van der Waals surface area contributed by atoms with Gasteiger partial charge in [0.05, 0.1) is 34.8 Å². The summed E-state index contributed by atoms with van der Waals surface area (Å²) in [4.78, 5) is 83.2. The Morgan fingerprint density at radius 2 is 1.54 bits per heavy atom. The number of aliphatic hydroxyl groups is 1. The molecule has 19 heteroatoms. The van der Waals surface area contributed by atoms with E-state index in [4.69, 9.17) is 19.2 Å². The number of aryl methyl sites for hydroxylation is 1. The molecule has 8 rings (SSSR count). The molecule has 2 aromatic heterocycles. The van der Waals surface area contributed by atoms with E-state index in [0.29, 0.717) is 47.4 Å². The molecule has 2 fully saturated rings. The summed E-state index contributed by atoms with van der Waals surface area (Å²) in [6, 6.07) is 31.1. The van der Waals surface area contributed by atoms with E-state index in [1.807, 2.05) is 95.8 Å². The number of piperidine rings is 1. The lowest BCUT2D eigenvalue weighted by molar-refractivity contribution is -0.144. The second kappa shape index (κ2) is 29.0. The van der Waals surface area contributed by atoms with Crippen LogP contribution >= 0.6 is 11.3 Å². The third-order valence-corrected chi connectivity index (χ3v) is 16.1. The molecule has 0 bridgehead atoms. The Labute approximate surface area is 491 Å². The molecule has 0 spiro atoms. The fourth-order valence-electron chi connectivity index (χ4n) is 10.3. The third kappa shape index (κ3) is 17.4. The molecule has 0 unspecified atom stereocenters. The molecule has 5 N–H and O–H groups in total. The number of likely N-dealkylation sites (tertiary alicyclic amines) is 2. The smallest absolute Gasteiger partial charge is 0.258 e. The molecule has 4 aromatic carbocycles. The van der Waals surface area contributed by atoms with E-state index >= 15 is 0 Å². The van der Waals surface area contributed by atoms with Gasteiger partial charge in [0.2, 0.25) is 17.7 Å². The monoisotopic (exact) mass is 1150 g/mol. The lowest BCUT2D eigenvalue weighted by atomic mass is 9.85. The molecule has 0 radical (unpaired) electrons. The molecule has 2 aliphatic rings. The maximum absolute atomic E-state index is 14.2. The number of carbonyl (C=O) groups excluding carboxylic acids is 5. The highest BCUT2D eigenvalue weighted by molar-refractivity contribution is 7.13. The van der Waals surface area contributed by atoms with Crippen molar-refractivity contribution in [3.05, 3.63) is 155 Å². The minimum absolute atomic E-state index is 0.0199. The summed E-state index contributed by atoms with van der Waals surface area (Å²) < 4.78 is 17.8. The van der Waals surface area contributed by atoms with Crippen LogP contribution in [0.3, 0.4) is 0 Å². The average molecular weight is 1150 g/mol. The van der Waals surface area contributed by atoms with Crippen LogP contribution in [0.15, 0.2) is 121 Å². The molecule has 83 heavy (non-hydrogen) atoms. The molecule has 440 valence electrons. The van der Waals surface area contributed by atoms with Crippen molar-refractivity contribution in [1.29, 1.82) is 0 Å². The molecule has 5 amide bonds. The topological polar surface area (TPSA) is 217 Å². The van der Waals surface area contributed by atoms with Crippen molar-refractivity contribution in [2.75, 3.05) is 60.0 Å². The van der Waals surface area contributed by atoms with E-state index in [1.165, 1.54) is 4.90 Å². The number of likely N-dealkylation sites (N-methyl/N-ethyl adjacent to an activating group) is 1. The highest BCUT2D eigenvalue weighted by Gasteiger charge is 2.44. The van der Waals surface area contributed by atoms with Crippen molar-refractivity contribution in [1.82, 2.24) is 45.9 Å². The maximum Gasteiger partial charge on any atom is 0.258 e. The number of benzene rings is 4. The highest BCUT2D eigenvalue weighted by atomic mass is 32.1. The number of β-amino-alcohol motifs (C(OH)–C–C–N with tert-alkyl or cyclic N) is 1. The molecular formula is C64H79N9O9S. The van der Waals surface area contributed by atoms with E-state index in [2.05, 4.69) is 37.2 Å². The quantitative estimate of drug-likeness (QED) is 0.0342. The van der Waals surface area contributed by atoms with Crippen molar-refractivity contribution in [3.63, 3.8) is 0 Å². The molecule has 2 aliphatic heterocycles. The fourth-order valence-corrected chi connectivity index (χ4v) is 11.1. The number of rotatable bonds is 25. The first-order valence-corrected chi connectivity index (χ1v) is 29.4. The number of hydrogen-bond acceptors (Lipinski definition) is 14. The van der Waals surface area contributed by atoms with Crippen LogP contribution in [0.25, 0.3) is 10.4 Å². The molecule has 0 saturated carbocycles. The number of amides is 5. The SMILES string of the molecule is CNCCN1CCC(c2cc(CN(C)C(=O)c3cccc(Oc4ccc(OCC(=O)NCc5ccc(OCCCC(=O)N[C@H](C(=O)N6C[C@H](O)C[C@H]6C(=O)N[C@@H](C)c6ccc(-c7scnc7C)cc6)C(C)(C)C)cc5)cc4)c3)ccn2)CC1. The summed E-state index contributed by atoms with van der Waals surface area (Å²) in [5.74, 6) is 0.986. The Kier molecular flexibility index (Phi) is 21.4. The maximum atomic E-state index is 14.2. The molecule has 18 nitrogen and oxygen atoms in total. The summed E-state index contributed by atoms with van der Waals surface area (Å²) in [7, 11) is 3.78. The second-order valence-corrected chi connectivity index (χ2v) is 23.5. The second-order valence-electron chi connectivity index (χ2n) is 22.6. The van der Waals surface area contributed by atoms with Gasteiger partial charge in [-0.15, -0.1) is 11.3 Å². The standard InChI is InChI=1S/C64H79N9O9S/c1-42(46-15-17-48(18-16-46)59-43(2)68-41-83-59)69-61(77)56-36-50(74)39-73(56)63(79)60(64(3,4)5)70-57(75)12-9-33-80-51-19-13-44(14-20-51)37-67-58(76)40-81-52-21-23-53(24-22-52)82-54-11-8-10-49(35-54)62(78)71(7)38-45-25-28-66-55(34-45)47-26-30-72(31-27-47)32-29-65-6/h8,10-11,13-25,28,34-35,41-42,47,50,56,60,65,74H,9,12,26-27,29-33,36-40H2,1-7H3,(H,67,76)(H,69,77)(H,70,75)/t42-,50+,56-,60+/m0/s1. The Bertz CT molecular complexity index is 3120. The van der Waals surface area contributed by atoms with E-state index in [9.17, 15) is 29.1 Å². The van der Waals surface area contributed by atoms with Crippen LogP contribution in [-0.2, 0) is 32.3 Å². The van der Waals surface area contributed by atoms with E-state index in [-0.39, 0.29) is 68.8 Å². The number of pyridine rings is 1. The molecule has 4 atom stereocenters. The minimum atomic E-state index is -0.946. The summed E-state index contributed by atoms with van der Waals surface area (Å²) in [6.45, 7) is 14.3. The number of ether oxygens (including phenoxy) is 3. The van der Waals surface area contributed by atoms with Gasteiger partial charge in [0.15, 0.2) is 6.61 Å². The van der Waals surface area contributed by atoms with Crippen LogP contribution in [0.2, 0.25) is 0 Å². The lowest BCUT2D eigenvalue weighted by Crippen LogP contribution is -2.57. The fraction of sp³-hybridized carbons (Fsp3) is 0.422. The van der Waals surface area contributed by atoms with Crippen molar-refractivity contribution >= 4 is 40.9 Å². The van der Waals surface area contributed by atoms with Crippen LogP contribution in [0.4, 0.5) is 0 Å². The molecule has 6 aromatic rings. The van der Waals surface area contributed by atoms with Gasteiger partial charge < -0.3 is 55.3 Å². The summed E-state index contributed by atoms with van der Waals surface area (Å²) in [5, 5.41) is 22.7. The van der Waals surface area contributed by atoms with Crippen molar-refractivity contribution in [3.8, 4) is 33.4 Å². The lowest BCUT2D eigenvalue weighted by Gasteiger charge is -2.35. The zero-order chi connectivity index (χ0) is 59.0. The van der Waals surface area contributed by atoms with Gasteiger partial charge in [0.1, 0.15) is 35.1 Å². The predicted molar refractivity (Wildman–Crippen MR) is 320 cm³/mol. The van der Waals surface area contributed by atoms with Gasteiger partial charge in [-0.25, -0.2) is 4.98 Å². The minimum Gasteiger partial charge on any atom is -0.494 e. The molecular weight excluding hydrogens is 1070 g/mol. The Balaban J connectivity index is 0.715. The van der Waals surface area contributed by atoms with E-state index in [1.54, 1.807) is 83.9 Å². The zero-order valence-electron chi connectivity index (χ0n) is 48.7. The number of nitrogens with zero attached hydrogens (tertiary/aromatic N) is 5. The van der Waals surface area contributed by atoms with Crippen molar-refractivity contribution in [2.45, 2.75) is 110 Å². The van der Waals surface area contributed by atoms with Gasteiger partial charge in [0.25, 0.3) is 11.8 Å². The van der Waals surface area contributed by atoms with Gasteiger partial charge >= 0.3 is 0 Å². The van der Waals surface area contributed by atoms with E-state index in [0.717, 1.165) is 77.5 Å². The number of nitrogens with one attached hydrogen (secondary N) is 4. The number of carbonyl (C=O) groups is 5. The van der Waals surface area contributed by atoms with Gasteiger partial charge in [0, 0.05) is 76.0 Å². The largest absolute Gasteiger partial charge is 0.494 e. The van der Waals surface area contributed by atoms with Gasteiger partial charge in [-0.05, 0) is 148 Å². The third-order valence-electron chi connectivity index (χ3n) is 15.1. The van der Waals surface area contributed by atoms with Crippen molar-refractivity contribution in [2.24, 2.45) is 5.41 Å². The average Bonchev–Trinajstić information content (AvgIpc) is 4.35. The Morgan fingerprint density at radius 3 is 2.24 bits per heavy atom. The van der Waals surface area contributed by atoms with Gasteiger partial charge in [-0.3, -0.25) is 29.0 Å². The van der Waals surface area contributed by atoms with E-state index < -0.39 is 29.5 Å². The van der Waals surface area contributed by atoms with Crippen LogP contribution in [-0.4, -0.2) is 138 Å². The summed E-state index contributed by atoms with van der Waals surface area (Å²) in [6.07, 6.45) is 3.68. The summed E-state index contributed by atoms with van der Waals surface area (Å²) in [5.41, 5.74) is 7.50. The predicted octanol–water partition coefficient (Wildman–Crippen LogP) is 8.20. The highest BCUT2D eigenvalue weighted by Crippen LogP contribution is 2.32.